The Balaban J connectivity index is 2.21. The largest absolute Gasteiger partial charge is 0.376 e. The Kier molecular flexibility index (Phi) is 3.61. The lowest BCUT2D eigenvalue weighted by molar-refractivity contribution is 0.0604. The Hall–Kier alpha value is -0.870. The molecule has 2 rings (SSSR count). The van der Waals surface area contributed by atoms with Crippen molar-refractivity contribution in [2.75, 3.05) is 13.7 Å². The topological polar surface area (TPSA) is 39.1 Å². The van der Waals surface area contributed by atoms with Crippen LogP contribution in [0.3, 0.4) is 0 Å². The van der Waals surface area contributed by atoms with Crippen molar-refractivity contribution < 1.29 is 4.74 Å². The first-order chi connectivity index (χ1) is 7.77. The summed E-state index contributed by atoms with van der Waals surface area (Å²) in [7, 11) is 1.99. The van der Waals surface area contributed by atoms with Gasteiger partial charge in [-0.3, -0.25) is 4.68 Å². The van der Waals surface area contributed by atoms with Crippen LogP contribution >= 0.6 is 0 Å². The fourth-order valence-electron chi connectivity index (χ4n) is 2.50. The second-order valence-corrected chi connectivity index (χ2v) is 4.44. The highest BCUT2D eigenvalue weighted by atomic mass is 16.5. The number of hydrogen-bond acceptors (Lipinski definition) is 3. The maximum atomic E-state index is 5.84. The molecule has 16 heavy (non-hydrogen) atoms. The minimum absolute atomic E-state index is 0.250. The summed E-state index contributed by atoms with van der Waals surface area (Å²) >= 11 is 0. The first-order valence-corrected chi connectivity index (χ1v) is 6.08. The number of nitrogens with zero attached hydrogens (tertiary/aromatic N) is 2. The molecule has 3 unspecified atom stereocenters. The molecule has 1 aliphatic rings. The summed E-state index contributed by atoms with van der Waals surface area (Å²) in [5.74, 6) is 0.609. The summed E-state index contributed by atoms with van der Waals surface area (Å²) in [6.07, 6.45) is 3.29. The molecule has 0 bridgehead atoms. The van der Waals surface area contributed by atoms with Gasteiger partial charge >= 0.3 is 0 Å². The third-order valence-corrected chi connectivity index (χ3v) is 3.45. The third-order valence-electron chi connectivity index (χ3n) is 3.45. The summed E-state index contributed by atoms with van der Waals surface area (Å²) in [5, 5.41) is 7.69. The van der Waals surface area contributed by atoms with E-state index >= 15 is 0 Å². The molecule has 1 fully saturated rings. The normalized spacial score (nSPS) is 27.2. The molecule has 0 spiro atoms. The monoisotopic (exact) mass is 223 g/mol. The number of likely N-dealkylation sites (N-methyl/N-ethyl adjacent to an activating group) is 1. The van der Waals surface area contributed by atoms with E-state index in [1.54, 1.807) is 0 Å². The summed E-state index contributed by atoms with van der Waals surface area (Å²) in [6.45, 7) is 6.16. The van der Waals surface area contributed by atoms with Gasteiger partial charge in [0, 0.05) is 19.3 Å². The van der Waals surface area contributed by atoms with Gasteiger partial charge in [-0.05, 0) is 32.4 Å². The smallest absolute Gasteiger partial charge is 0.0811 e. The lowest BCUT2D eigenvalue weighted by Gasteiger charge is -2.26. The average molecular weight is 223 g/mol. The van der Waals surface area contributed by atoms with Gasteiger partial charge in [-0.1, -0.05) is 6.92 Å². The summed E-state index contributed by atoms with van der Waals surface area (Å²) in [6, 6.07) is 2.33. The van der Waals surface area contributed by atoms with Gasteiger partial charge in [0.2, 0.25) is 0 Å². The maximum absolute atomic E-state index is 5.84. The number of nitrogens with one attached hydrogen (secondary N) is 1. The molecule has 4 nitrogen and oxygen atoms in total. The Labute approximate surface area is 97.0 Å². The van der Waals surface area contributed by atoms with E-state index in [0.717, 1.165) is 19.6 Å². The van der Waals surface area contributed by atoms with Gasteiger partial charge < -0.3 is 10.1 Å². The molecule has 3 atom stereocenters. The Bertz CT molecular complexity index is 337. The quantitative estimate of drug-likeness (QED) is 0.842. The lowest BCUT2D eigenvalue weighted by atomic mass is 9.95. The lowest BCUT2D eigenvalue weighted by Crippen LogP contribution is -2.34. The molecule has 0 amide bonds. The van der Waals surface area contributed by atoms with Crippen molar-refractivity contribution in [3.8, 4) is 0 Å². The van der Waals surface area contributed by atoms with E-state index in [1.807, 2.05) is 17.9 Å². The van der Waals surface area contributed by atoms with Crippen LogP contribution in [0.2, 0.25) is 0 Å². The SMILES string of the molecule is CCn1nccc1C(NC)C1OCCC1C. The zero-order valence-corrected chi connectivity index (χ0v) is 10.3. The average Bonchev–Trinajstić information content (AvgIpc) is 2.90. The van der Waals surface area contributed by atoms with E-state index < -0.39 is 0 Å². The zero-order valence-electron chi connectivity index (χ0n) is 10.3. The van der Waals surface area contributed by atoms with Crippen LogP contribution in [0, 0.1) is 5.92 Å². The predicted octanol–water partition coefficient (Wildman–Crippen LogP) is 1.59. The van der Waals surface area contributed by atoms with Crippen LogP contribution in [-0.4, -0.2) is 29.5 Å². The van der Waals surface area contributed by atoms with Crippen LogP contribution < -0.4 is 5.32 Å². The van der Waals surface area contributed by atoms with E-state index in [2.05, 4.69) is 30.3 Å². The van der Waals surface area contributed by atoms with Gasteiger partial charge in [-0.2, -0.15) is 5.10 Å². The molecule has 90 valence electrons. The fourth-order valence-corrected chi connectivity index (χ4v) is 2.50. The minimum Gasteiger partial charge on any atom is -0.376 e. The van der Waals surface area contributed by atoms with E-state index in [0.29, 0.717) is 5.92 Å². The number of hydrogen-bond donors (Lipinski definition) is 1. The molecule has 2 heterocycles. The van der Waals surface area contributed by atoms with Crippen molar-refractivity contribution >= 4 is 0 Å². The third kappa shape index (κ3) is 1.99. The highest BCUT2D eigenvalue weighted by Crippen LogP contribution is 2.30. The number of aromatic nitrogens is 2. The van der Waals surface area contributed by atoms with Crippen molar-refractivity contribution in [3.05, 3.63) is 18.0 Å². The van der Waals surface area contributed by atoms with E-state index in [1.165, 1.54) is 5.69 Å². The standard InChI is InChI=1S/C12H21N3O/c1-4-15-10(5-7-14-15)11(13-3)12-9(2)6-8-16-12/h5,7,9,11-13H,4,6,8H2,1-3H3. The number of ether oxygens (including phenoxy) is 1. The fraction of sp³-hybridized carbons (Fsp3) is 0.750. The molecule has 0 aromatic carbocycles. The van der Waals surface area contributed by atoms with Crippen LogP contribution in [0.15, 0.2) is 12.3 Å². The Morgan fingerprint density at radius 2 is 2.50 bits per heavy atom. The van der Waals surface area contributed by atoms with Crippen molar-refractivity contribution in [3.63, 3.8) is 0 Å². The molecule has 4 heteroatoms. The van der Waals surface area contributed by atoms with Gasteiger partial charge in [0.05, 0.1) is 17.8 Å². The van der Waals surface area contributed by atoms with E-state index in [4.69, 9.17) is 4.74 Å². The summed E-state index contributed by atoms with van der Waals surface area (Å²) < 4.78 is 7.88. The number of aryl methyl sites for hydroxylation is 1. The second kappa shape index (κ2) is 4.97. The molecular weight excluding hydrogens is 202 g/mol. The Morgan fingerprint density at radius 3 is 3.06 bits per heavy atom. The first-order valence-electron chi connectivity index (χ1n) is 6.08. The van der Waals surface area contributed by atoms with E-state index in [9.17, 15) is 0 Å². The summed E-state index contributed by atoms with van der Waals surface area (Å²) in [5.41, 5.74) is 1.23. The van der Waals surface area contributed by atoms with Crippen LogP contribution in [0.1, 0.15) is 32.0 Å². The maximum Gasteiger partial charge on any atom is 0.0811 e. The second-order valence-electron chi connectivity index (χ2n) is 4.44. The van der Waals surface area contributed by atoms with Crippen LogP contribution in [0.25, 0.3) is 0 Å². The molecular formula is C12H21N3O. The van der Waals surface area contributed by atoms with Crippen molar-refractivity contribution in [2.45, 2.75) is 39.0 Å². The van der Waals surface area contributed by atoms with E-state index in [-0.39, 0.29) is 12.1 Å². The zero-order chi connectivity index (χ0) is 11.5. The van der Waals surface area contributed by atoms with Crippen LogP contribution in [0.5, 0.6) is 0 Å². The molecule has 1 saturated heterocycles. The van der Waals surface area contributed by atoms with Crippen molar-refractivity contribution in [1.82, 2.24) is 15.1 Å². The highest BCUT2D eigenvalue weighted by molar-refractivity contribution is 5.10. The van der Waals surface area contributed by atoms with Crippen molar-refractivity contribution in [1.29, 1.82) is 0 Å². The molecule has 1 aromatic rings. The predicted molar refractivity (Wildman–Crippen MR) is 63.2 cm³/mol. The molecule has 1 aromatic heterocycles. The van der Waals surface area contributed by atoms with Gasteiger partial charge in [0.25, 0.3) is 0 Å². The van der Waals surface area contributed by atoms with Gasteiger partial charge in [-0.15, -0.1) is 0 Å². The van der Waals surface area contributed by atoms with Crippen molar-refractivity contribution in [2.24, 2.45) is 5.92 Å². The van der Waals surface area contributed by atoms with Gasteiger partial charge in [-0.25, -0.2) is 0 Å². The molecule has 0 aliphatic carbocycles. The highest BCUT2D eigenvalue weighted by Gasteiger charge is 2.33. The first kappa shape index (κ1) is 11.6. The number of rotatable bonds is 4. The van der Waals surface area contributed by atoms with Crippen LogP contribution in [-0.2, 0) is 11.3 Å². The molecule has 0 saturated carbocycles. The molecule has 1 N–H and O–H groups in total. The van der Waals surface area contributed by atoms with Gasteiger partial charge in [0.1, 0.15) is 0 Å². The van der Waals surface area contributed by atoms with Crippen LogP contribution in [0.4, 0.5) is 0 Å². The molecule has 1 aliphatic heterocycles. The minimum atomic E-state index is 0.250. The summed E-state index contributed by atoms with van der Waals surface area (Å²) in [4.78, 5) is 0. The Morgan fingerprint density at radius 1 is 1.69 bits per heavy atom. The molecule has 0 radical (unpaired) electrons. The van der Waals surface area contributed by atoms with Gasteiger partial charge in [0.15, 0.2) is 0 Å².